The minimum Gasteiger partial charge on any atom is -0.378 e. The van der Waals surface area contributed by atoms with Crippen molar-refractivity contribution in [3.05, 3.63) is 71.6 Å². The summed E-state index contributed by atoms with van der Waals surface area (Å²) >= 11 is 0. The number of hydrogen-bond donors (Lipinski definition) is 2. The molecule has 0 spiro atoms. The van der Waals surface area contributed by atoms with Crippen LogP contribution in [0.2, 0.25) is 0 Å². The molecule has 4 rings (SSSR count). The Morgan fingerprint density at radius 3 is 2.58 bits per heavy atom. The van der Waals surface area contributed by atoms with E-state index in [1.54, 1.807) is 24.3 Å². The van der Waals surface area contributed by atoms with Gasteiger partial charge >= 0.3 is 0 Å². The Labute approximate surface area is 140 Å². The number of halogens is 1. The first kappa shape index (κ1) is 15.4. The van der Waals surface area contributed by atoms with Crippen LogP contribution in [-0.2, 0) is 10.0 Å². The van der Waals surface area contributed by atoms with Gasteiger partial charge in [-0.05, 0) is 53.8 Å². The van der Waals surface area contributed by atoms with E-state index in [0.717, 1.165) is 23.2 Å². The third kappa shape index (κ3) is 2.52. The zero-order valence-electron chi connectivity index (χ0n) is 12.8. The Morgan fingerprint density at radius 1 is 1.12 bits per heavy atom. The smallest absolute Gasteiger partial charge is 0.238 e. The molecule has 124 valence electrons. The van der Waals surface area contributed by atoms with Crippen LogP contribution in [0.1, 0.15) is 29.5 Å². The summed E-state index contributed by atoms with van der Waals surface area (Å²) in [5.41, 5.74) is 2.86. The van der Waals surface area contributed by atoms with E-state index in [4.69, 9.17) is 5.14 Å². The Balaban J connectivity index is 1.79. The first-order valence-corrected chi connectivity index (χ1v) is 9.33. The van der Waals surface area contributed by atoms with Crippen molar-refractivity contribution in [1.82, 2.24) is 0 Å². The molecular weight excluding hydrogens is 327 g/mol. The maximum Gasteiger partial charge on any atom is 0.238 e. The molecule has 3 N–H and O–H groups in total. The fourth-order valence-corrected chi connectivity index (χ4v) is 4.30. The van der Waals surface area contributed by atoms with Crippen LogP contribution in [0.25, 0.3) is 0 Å². The average Bonchev–Trinajstić information content (AvgIpc) is 3.03. The van der Waals surface area contributed by atoms with E-state index >= 15 is 0 Å². The highest BCUT2D eigenvalue weighted by atomic mass is 32.2. The number of anilines is 1. The lowest BCUT2D eigenvalue weighted by Gasteiger charge is -2.37. The number of hydrogen-bond acceptors (Lipinski definition) is 3. The molecule has 4 nitrogen and oxygen atoms in total. The zero-order valence-corrected chi connectivity index (χ0v) is 13.6. The lowest BCUT2D eigenvalue weighted by Crippen LogP contribution is -2.29. The molecule has 1 aliphatic carbocycles. The topological polar surface area (TPSA) is 72.2 Å². The fraction of sp³-hybridized carbons (Fsp3) is 0.222. The summed E-state index contributed by atoms with van der Waals surface area (Å²) in [6.07, 6.45) is 5.12. The lowest BCUT2D eigenvalue weighted by atomic mass is 9.77. The number of allylic oxidation sites excluding steroid dienone is 2. The van der Waals surface area contributed by atoms with Crippen molar-refractivity contribution in [2.24, 2.45) is 11.1 Å². The predicted molar refractivity (Wildman–Crippen MR) is 90.6 cm³/mol. The van der Waals surface area contributed by atoms with E-state index in [1.807, 2.05) is 0 Å². The van der Waals surface area contributed by atoms with Crippen LogP contribution in [0.3, 0.4) is 0 Å². The first-order chi connectivity index (χ1) is 11.4. The number of rotatable bonds is 2. The van der Waals surface area contributed by atoms with E-state index in [0.29, 0.717) is 0 Å². The summed E-state index contributed by atoms with van der Waals surface area (Å²) in [5.74, 6) is 0.130. The lowest BCUT2D eigenvalue weighted by molar-refractivity contribution is 0.424. The molecule has 0 amide bonds. The van der Waals surface area contributed by atoms with Gasteiger partial charge in [-0.1, -0.05) is 24.3 Å². The minimum atomic E-state index is -3.73. The van der Waals surface area contributed by atoms with E-state index in [-0.39, 0.29) is 28.6 Å². The molecular formula is C18H17FN2O2S. The number of nitrogens with one attached hydrogen (secondary N) is 1. The van der Waals surface area contributed by atoms with Crippen molar-refractivity contribution < 1.29 is 12.8 Å². The highest BCUT2D eigenvalue weighted by Crippen LogP contribution is 2.50. The average molecular weight is 344 g/mol. The van der Waals surface area contributed by atoms with Gasteiger partial charge in [-0.15, -0.1) is 0 Å². The van der Waals surface area contributed by atoms with Crippen LogP contribution >= 0.6 is 0 Å². The molecule has 0 radical (unpaired) electrons. The molecule has 2 aromatic rings. The van der Waals surface area contributed by atoms with E-state index in [9.17, 15) is 12.8 Å². The molecule has 0 saturated heterocycles. The van der Waals surface area contributed by atoms with Crippen molar-refractivity contribution in [2.45, 2.75) is 23.3 Å². The SMILES string of the molecule is NS(=O)(=O)c1ccc2c(c1)[C@H]1C=CC[C@H]1[C@H](c1ccc(F)cc1)N2. The summed E-state index contributed by atoms with van der Waals surface area (Å²) < 4.78 is 36.5. The van der Waals surface area contributed by atoms with Crippen LogP contribution in [0.15, 0.2) is 59.5 Å². The van der Waals surface area contributed by atoms with E-state index in [1.165, 1.54) is 18.2 Å². The molecule has 2 aliphatic rings. The number of sulfonamides is 1. The van der Waals surface area contributed by atoms with Crippen molar-refractivity contribution in [3.8, 4) is 0 Å². The Morgan fingerprint density at radius 2 is 1.88 bits per heavy atom. The van der Waals surface area contributed by atoms with Gasteiger partial charge in [0, 0.05) is 11.6 Å². The van der Waals surface area contributed by atoms with Gasteiger partial charge < -0.3 is 5.32 Å². The van der Waals surface area contributed by atoms with Gasteiger partial charge in [0.2, 0.25) is 10.0 Å². The van der Waals surface area contributed by atoms with Crippen LogP contribution in [0.5, 0.6) is 0 Å². The first-order valence-electron chi connectivity index (χ1n) is 7.79. The van der Waals surface area contributed by atoms with Crippen LogP contribution in [0, 0.1) is 11.7 Å². The summed E-state index contributed by atoms with van der Waals surface area (Å²) in [7, 11) is -3.73. The van der Waals surface area contributed by atoms with E-state index < -0.39 is 10.0 Å². The second kappa shape index (κ2) is 5.43. The quantitative estimate of drug-likeness (QED) is 0.821. The molecule has 0 unspecified atom stereocenters. The third-order valence-electron chi connectivity index (χ3n) is 4.89. The summed E-state index contributed by atoms with van der Waals surface area (Å²) in [6.45, 7) is 0. The largest absolute Gasteiger partial charge is 0.378 e. The van der Waals surface area contributed by atoms with Gasteiger partial charge in [0.1, 0.15) is 5.82 Å². The normalized spacial score (nSPS) is 25.0. The van der Waals surface area contributed by atoms with Gasteiger partial charge in [-0.25, -0.2) is 17.9 Å². The molecule has 0 bridgehead atoms. The molecule has 1 heterocycles. The van der Waals surface area contributed by atoms with Gasteiger partial charge in [0.05, 0.1) is 10.9 Å². The van der Waals surface area contributed by atoms with Crippen molar-refractivity contribution in [3.63, 3.8) is 0 Å². The summed E-state index contributed by atoms with van der Waals surface area (Å²) in [5, 5.41) is 8.74. The molecule has 0 aromatic heterocycles. The highest BCUT2D eigenvalue weighted by Gasteiger charge is 2.38. The monoisotopic (exact) mass is 344 g/mol. The maximum absolute atomic E-state index is 13.2. The third-order valence-corrected chi connectivity index (χ3v) is 5.80. The van der Waals surface area contributed by atoms with Gasteiger partial charge in [0.15, 0.2) is 0 Å². The molecule has 3 atom stereocenters. The van der Waals surface area contributed by atoms with Crippen LogP contribution in [0.4, 0.5) is 10.1 Å². The van der Waals surface area contributed by atoms with Crippen molar-refractivity contribution in [2.75, 3.05) is 5.32 Å². The fourth-order valence-electron chi connectivity index (χ4n) is 3.75. The Kier molecular flexibility index (Phi) is 3.47. The number of benzene rings is 2. The number of fused-ring (bicyclic) bond motifs is 3. The standard InChI is InChI=1S/C18H17FN2O2S/c19-12-6-4-11(5-7-12)18-15-3-1-2-14(15)16-10-13(24(20,22)23)8-9-17(16)21-18/h1-2,4-10,14-15,18,21H,3H2,(H2,20,22,23)/t14-,15+,18-/m0/s1. The molecule has 24 heavy (non-hydrogen) atoms. The molecule has 0 saturated carbocycles. The van der Waals surface area contributed by atoms with Crippen LogP contribution < -0.4 is 10.5 Å². The Bertz CT molecular complexity index is 923. The molecule has 6 heteroatoms. The van der Waals surface area contributed by atoms with Gasteiger partial charge in [-0.3, -0.25) is 0 Å². The van der Waals surface area contributed by atoms with Crippen LogP contribution in [-0.4, -0.2) is 8.42 Å². The second-order valence-corrected chi connectivity index (χ2v) is 7.88. The Hall–Kier alpha value is -2.18. The zero-order chi connectivity index (χ0) is 16.9. The van der Waals surface area contributed by atoms with Gasteiger partial charge in [0.25, 0.3) is 0 Å². The number of primary sulfonamides is 1. The highest BCUT2D eigenvalue weighted by molar-refractivity contribution is 7.89. The van der Waals surface area contributed by atoms with Crippen molar-refractivity contribution in [1.29, 1.82) is 0 Å². The number of nitrogens with two attached hydrogens (primary N) is 1. The predicted octanol–water partition coefficient (Wildman–Crippen LogP) is 3.30. The van der Waals surface area contributed by atoms with Crippen molar-refractivity contribution >= 4 is 15.7 Å². The minimum absolute atomic E-state index is 0.0541. The summed E-state index contributed by atoms with van der Waals surface area (Å²) in [4.78, 5) is 0.127. The molecule has 1 aliphatic heterocycles. The maximum atomic E-state index is 13.2. The molecule has 2 aromatic carbocycles. The van der Waals surface area contributed by atoms with Gasteiger partial charge in [-0.2, -0.15) is 0 Å². The van der Waals surface area contributed by atoms with E-state index in [2.05, 4.69) is 17.5 Å². The molecule has 0 fully saturated rings. The second-order valence-electron chi connectivity index (χ2n) is 6.32. The summed E-state index contributed by atoms with van der Waals surface area (Å²) in [6, 6.07) is 11.5.